The Labute approximate surface area is 116 Å². The van der Waals surface area contributed by atoms with Gasteiger partial charge >= 0.3 is 0 Å². The number of nitrogens with zero attached hydrogens (tertiary/aromatic N) is 3. The van der Waals surface area contributed by atoms with E-state index in [0.29, 0.717) is 11.3 Å². The van der Waals surface area contributed by atoms with Crippen molar-refractivity contribution < 1.29 is 0 Å². The van der Waals surface area contributed by atoms with Crippen molar-refractivity contribution in [1.29, 1.82) is 0 Å². The van der Waals surface area contributed by atoms with Crippen LogP contribution >= 0.6 is 22.9 Å². The highest BCUT2D eigenvalue weighted by molar-refractivity contribution is 7.18. The molecule has 0 saturated carbocycles. The van der Waals surface area contributed by atoms with Crippen LogP contribution in [0.1, 0.15) is 11.8 Å². The zero-order valence-electron chi connectivity index (χ0n) is 11.0. The van der Waals surface area contributed by atoms with E-state index in [4.69, 9.17) is 11.6 Å². The first-order valence-corrected chi connectivity index (χ1v) is 7.00. The van der Waals surface area contributed by atoms with Gasteiger partial charge in [0.25, 0.3) is 0 Å². The van der Waals surface area contributed by atoms with Crippen molar-refractivity contribution in [1.82, 2.24) is 14.9 Å². The molecule has 18 heavy (non-hydrogen) atoms. The molecule has 0 amide bonds. The van der Waals surface area contributed by atoms with E-state index >= 15 is 0 Å². The molecule has 1 N–H and O–H groups in total. The molecule has 1 atom stereocenters. The quantitative estimate of drug-likeness (QED) is 0.877. The number of thiophene rings is 1. The summed E-state index contributed by atoms with van der Waals surface area (Å²) in [6, 6.07) is 2.40. The molecule has 2 rings (SSSR count). The number of fused-ring (bicyclic) bond motifs is 1. The van der Waals surface area contributed by atoms with E-state index in [1.807, 2.05) is 0 Å². The largest absolute Gasteiger partial charge is 0.366 e. The molecule has 0 fully saturated rings. The van der Waals surface area contributed by atoms with Crippen LogP contribution in [0.2, 0.25) is 5.28 Å². The standard InChI is InChI=1S/C12H17ClN4S/c1-7(6-17(3)4)14-10-9-5-8(2)18-11(9)16-12(13)15-10/h5,7H,6H2,1-4H3,(H,14,15,16). The summed E-state index contributed by atoms with van der Waals surface area (Å²) in [6.07, 6.45) is 0. The number of hydrogen-bond acceptors (Lipinski definition) is 5. The summed E-state index contributed by atoms with van der Waals surface area (Å²) >= 11 is 7.59. The van der Waals surface area contributed by atoms with Crippen molar-refractivity contribution in [3.8, 4) is 0 Å². The zero-order valence-corrected chi connectivity index (χ0v) is 12.6. The minimum atomic E-state index is 0.295. The highest BCUT2D eigenvalue weighted by Crippen LogP contribution is 2.29. The second kappa shape index (κ2) is 5.38. The van der Waals surface area contributed by atoms with Crippen LogP contribution in [0.15, 0.2) is 6.07 Å². The number of aryl methyl sites for hydroxylation is 1. The Bertz CT molecular complexity index is 552. The summed E-state index contributed by atoms with van der Waals surface area (Å²) in [5.74, 6) is 0.823. The Hall–Kier alpha value is -0.910. The van der Waals surface area contributed by atoms with Gasteiger partial charge in [0.05, 0.1) is 5.39 Å². The maximum atomic E-state index is 5.96. The van der Waals surface area contributed by atoms with Gasteiger partial charge in [-0.05, 0) is 45.6 Å². The molecule has 4 nitrogen and oxygen atoms in total. The second-order valence-corrected chi connectivity index (χ2v) is 6.30. The summed E-state index contributed by atoms with van der Waals surface area (Å²) in [7, 11) is 4.10. The predicted octanol–water partition coefficient (Wildman–Crippen LogP) is 3.02. The van der Waals surface area contributed by atoms with E-state index in [1.54, 1.807) is 11.3 Å². The maximum absolute atomic E-state index is 5.96. The van der Waals surface area contributed by atoms with E-state index < -0.39 is 0 Å². The van der Waals surface area contributed by atoms with Crippen LogP contribution in [-0.4, -0.2) is 41.5 Å². The highest BCUT2D eigenvalue weighted by Gasteiger charge is 2.12. The van der Waals surface area contributed by atoms with Gasteiger partial charge in [-0.2, -0.15) is 0 Å². The molecule has 2 aromatic heterocycles. The molecule has 2 heterocycles. The monoisotopic (exact) mass is 284 g/mol. The van der Waals surface area contributed by atoms with Gasteiger partial charge in [-0.1, -0.05) is 0 Å². The van der Waals surface area contributed by atoms with Gasteiger partial charge < -0.3 is 10.2 Å². The molecule has 0 bridgehead atoms. The Balaban J connectivity index is 2.31. The van der Waals surface area contributed by atoms with Crippen molar-refractivity contribution in [3.63, 3.8) is 0 Å². The number of hydrogen-bond donors (Lipinski definition) is 1. The first kappa shape index (κ1) is 13.5. The van der Waals surface area contributed by atoms with E-state index in [2.05, 4.69) is 54.2 Å². The van der Waals surface area contributed by atoms with Crippen molar-refractivity contribution in [2.75, 3.05) is 26.0 Å². The lowest BCUT2D eigenvalue weighted by Crippen LogP contribution is -2.30. The van der Waals surface area contributed by atoms with Crippen LogP contribution in [0.25, 0.3) is 10.2 Å². The van der Waals surface area contributed by atoms with E-state index in [9.17, 15) is 0 Å². The molecule has 0 spiro atoms. The minimum absolute atomic E-state index is 0.295. The van der Waals surface area contributed by atoms with Crippen molar-refractivity contribution >= 4 is 39.0 Å². The molecule has 0 aliphatic heterocycles. The molecule has 0 aliphatic rings. The minimum Gasteiger partial charge on any atom is -0.366 e. The molecular weight excluding hydrogens is 268 g/mol. The number of halogens is 1. The Morgan fingerprint density at radius 3 is 2.83 bits per heavy atom. The molecular formula is C12H17ClN4S. The molecule has 0 aliphatic carbocycles. The topological polar surface area (TPSA) is 41.0 Å². The molecule has 0 saturated heterocycles. The smallest absolute Gasteiger partial charge is 0.225 e. The lowest BCUT2D eigenvalue weighted by molar-refractivity contribution is 0.392. The third kappa shape index (κ3) is 3.10. The van der Waals surface area contributed by atoms with Gasteiger partial charge in [0, 0.05) is 17.5 Å². The average Bonchev–Trinajstić information content (AvgIpc) is 2.56. The van der Waals surface area contributed by atoms with Crippen LogP contribution in [-0.2, 0) is 0 Å². The number of nitrogens with one attached hydrogen (secondary N) is 1. The van der Waals surface area contributed by atoms with Gasteiger partial charge in [-0.3, -0.25) is 0 Å². The zero-order chi connectivity index (χ0) is 13.3. The van der Waals surface area contributed by atoms with E-state index in [-0.39, 0.29) is 0 Å². The van der Waals surface area contributed by atoms with Crippen LogP contribution in [0.3, 0.4) is 0 Å². The first-order valence-electron chi connectivity index (χ1n) is 5.80. The SMILES string of the molecule is Cc1cc2c(NC(C)CN(C)C)nc(Cl)nc2s1. The number of rotatable bonds is 4. The molecule has 1 unspecified atom stereocenters. The fraction of sp³-hybridized carbons (Fsp3) is 0.500. The van der Waals surface area contributed by atoms with Gasteiger partial charge in [0.1, 0.15) is 10.6 Å². The summed E-state index contributed by atoms with van der Waals surface area (Å²) in [5.41, 5.74) is 0. The number of likely N-dealkylation sites (N-methyl/N-ethyl adjacent to an activating group) is 1. The van der Waals surface area contributed by atoms with Crippen molar-refractivity contribution in [2.45, 2.75) is 19.9 Å². The highest BCUT2D eigenvalue weighted by atomic mass is 35.5. The fourth-order valence-electron chi connectivity index (χ4n) is 1.95. The van der Waals surface area contributed by atoms with Crippen LogP contribution < -0.4 is 5.32 Å². The van der Waals surface area contributed by atoms with Crippen LogP contribution in [0.5, 0.6) is 0 Å². The first-order chi connectivity index (χ1) is 8.45. The second-order valence-electron chi connectivity index (χ2n) is 4.72. The van der Waals surface area contributed by atoms with Gasteiger partial charge in [-0.25, -0.2) is 9.97 Å². The summed E-state index contributed by atoms with van der Waals surface area (Å²) in [4.78, 5) is 12.8. The number of anilines is 1. The summed E-state index contributed by atoms with van der Waals surface area (Å²) < 4.78 is 0. The summed E-state index contributed by atoms with van der Waals surface area (Å²) in [6.45, 7) is 5.13. The lowest BCUT2D eigenvalue weighted by Gasteiger charge is -2.19. The van der Waals surface area contributed by atoms with Gasteiger partial charge in [-0.15, -0.1) is 11.3 Å². The molecule has 0 radical (unpaired) electrons. The molecule has 6 heteroatoms. The molecule has 0 aromatic carbocycles. The van der Waals surface area contributed by atoms with E-state index in [1.165, 1.54) is 4.88 Å². The van der Waals surface area contributed by atoms with E-state index in [0.717, 1.165) is 22.6 Å². The Kier molecular flexibility index (Phi) is 4.04. The Morgan fingerprint density at radius 2 is 2.17 bits per heavy atom. The van der Waals surface area contributed by atoms with Crippen molar-refractivity contribution in [3.05, 3.63) is 16.2 Å². The maximum Gasteiger partial charge on any atom is 0.225 e. The molecule has 98 valence electrons. The summed E-state index contributed by atoms with van der Waals surface area (Å²) in [5, 5.41) is 4.74. The van der Waals surface area contributed by atoms with Crippen LogP contribution in [0, 0.1) is 6.92 Å². The third-order valence-corrected chi connectivity index (χ3v) is 3.62. The lowest BCUT2D eigenvalue weighted by atomic mass is 10.3. The Morgan fingerprint density at radius 1 is 1.44 bits per heavy atom. The molecule has 2 aromatic rings. The van der Waals surface area contributed by atoms with Crippen molar-refractivity contribution in [2.24, 2.45) is 0 Å². The number of aromatic nitrogens is 2. The van der Waals surface area contributed by atoms with Gasteiger partial charge in [0.2, 0.25) is 5.28 Å². The third-order valence-electron chi connectivity index (χ3n) is 2.51. The van der Waals surface area contributed by atoms with Gasteiger partial charge in [0.15, 0.2) is 0 Å². The normalized spacial score (nSPS) is 13.2. The fourth-order valence-corrected chi connectivity index (χ4v) is 3.05. The van der Waals surface area contributed by atoms with Crippen LogP contribution in [0.4, 0.5) is 5.82 Å². The average molecular weight is 285 g/mol. The predicted molar refractivity (Wildman–Crippen MR) is 78.8 cm³/mol.